The third kappa shape index (κ3) is 7.02. The number of hydrogen-bond acceptors (Lipinski definition) is 16. The Kier molecular flexibility index (Phi) is 11.7. The summed E-state index contributed by atoms with van der Waals surface area (Å²) in [6.45, 7) is 10.9. The molecule has 0 amide bonds. The Balaban J connectivity index is 0.993. The van der Waals surface area contributed by atoms with Gasteiger partial charge in [0.25, 0.3) is 0 Å². The van der Waals surface area contributed by atoms with E-state index >= 15 is 0 Å². The molecule has 4 aliphatic carbocycles. The highest BCUT2D eigenvalue weighted by Gasteiger charge is 2.69. The number of allylic oxidation sites excluding steroid dienone is 1. The van der Waals surface area contributed by atoms with Crippen LogP contribution in [0.4, 0.5) is 0 Å². The standard InChI is InChI=1S/C43H68O16/c1-18-8-11-43(54-15-18)19(2)30-28(59-43)14-25-23-7-6-21-12-22(44)13-29(42(21,5)24(23)9-10-41(25,30)4)56-40-37(58-39-35(51)33(49)31(47)20(3)55-39)36(27(46)17-53-40)57-38-34(50)32(48)26(45)16-52-38/h6,18-20,22-40,44-51H,7-17H2,1-5H3/t18-,19?,20-,22+,23+,24-,25-,26+,27-,28?,29+,30?,31-,32-,33+,34+,35+,36-,37+,38-,39-,40-,41-,42-,43+/m0/s1. The molecule has 8 fully saturated rings. The largest absolute Gasteiger partial charge is 0.393 e. The monoisotopic (exact) mass is 840 g/mol. The van der Waals surface area contributed by atoms with E-state index in [0.29, 0.717) is 36.5 Å². The summed E-state index contributed by atoms with van der Waals surface area (Å²) in [5.41, 5.74) is 0.698. The summed E-state index contributed by atoms with van der Waals surface area (Å²) in [6.07, 6.45) is -10.9. The van der Waals surface area contributed by atoms with E-state index in [4.69, 9.17) is 37.9 Å². The second-order valence-electron chi connectivity index (χ2n) is 20.3. The van der Waals surface area contributed by atoms with Crippen molar-refractivity contribution in [2.24, 2.45) is 46.3 Å². The average Bonchev–Trinajstić information content (AvgIpc) is 3.65. The second-order valence-corrected chi connectivity index (χ2v) is 20.3. The zero-order valence-electron chi connectivity index (χ0n) is 34.9. The summed E-state index contributed by atoms with van der Waals surface area (Å²) >= 11 is 0. The lowest BCUT2D eigenvalue weighted by Gasteiger charge is -2.60. The molecule has 5 saturated heterocycles. The van der Waals surface area contributed by atoms with Gasteiger partial charge in [-0.2, -0.15) is 0 Å². The van der Waals surface area contributed by atoms with Gasteiger partial charge in [0.05, 0.1) is 44.2 Å². The van der Waals surface area contributed by atoms with Gasteiger partial charge in [-0.05, 0) is 80.5 Å². The predicted octanol–water partition coefficient (Wildman–Crippen LogP) is 0.463. The van der Waals surface area contributed by atoms with Gasteiger partial charge >= 0.3 is 0 Å². The van der Waals surface area contributed by atoms with Crippen molar-refractivity contribution in [2.45, 2.75) is 190 Å². The van der Waals surface area contributed by atoms with E-state index in [1.807, 2.05) is 0 Å². The minimum Gasteiger partial charge on any atom is -0.393 e. The van der Waals surface area contributed by atoms with Crippen molar-refractivity contribution in [3.05, 3.63) is 11.6 Å². The molecule has 9 aliphatic rings. The van der Waals surface area contributed by atoms with Crippen LogP contribution in [-0.2, 0) is 37.9 Å². The number of hydrogen-bond donors (Lipinski definition) is 8. The lowest BCUT2D eigenvalue weighted by atomic mass is 9.46. The van der Waals surface area contributed by atoms with Crippen LogP contribution in [0.2, 0.25) is 0 Å². The molecule has 0 aromatic rings. The Bertz CT molecular complexity index is 1540. The fourth-order valence-electron chi connectivity index (χ4n) is 13.6. The molecule has 59 heavy (non-hydrogen) atoms. The predicted molar refractivity (Wildman–Crippen MR) is 204 cm³/mol. The first-order chi connectivity index (χ1) is 28.0. The highest BCUT2D eigenvalue weighted by atomic mass is 16.8. The van der Waals surface area contributed by atoms with Gasteiger partial charge in [0.2, 0.25) is 0 Å². The zero-order chi connectivity index (χ0) is 41.9. The van der Waals surface area contributed by atoms with E-state index < -0.39 is 103 Å². The third-order valence-corrected chi connectivity index (χ3v) is 17.0. The van der Waals surface area contributed by atoms with Crippen molar-refractivity contribution in [1.82, 2.24) is 0 Å². The molecule has 8 N–H and O–H groups in total. The van der Waals surface area contributed by atoms with Crippen LogP contribution >= 0.6 is 0 Å². The normalized spacial score (nSPS) is 58.7. The van der Waals surface area contributed by atoms with Gasteiger partial charge in [0.1, 0.15) is 54.9 Å². The lowest BCUT2D eigenvalue weighted by molar-refractivity contribution is -0.382. The van der Waals surface area contributed by atoms with E-state index in [1.54, 1.807) is 0 Å². The first-order valence-electron chi connectivity index (χ1n) is 22.3. The fourth-order valence-corrected chi connectivity index (χ4v) is 13.6. The molecular formula is C43H68O16. The molecule has 3 unspecified atom stereocenters. The van der Waals surface area contributed by atoms with E-state index in [2.05, 4.69) is 33.8 Å². The van der Waals surface area contributed by atoms with Crippen LogP contribution in [-0.4, -0.2) is 165 Å². The van der Waals surface area contributed by atoms with E-state index in [0.717, 1.165) is 50.7 Å². The Morgan fingerprint density at radius 3 is 2.15 bits per heavy atom. The van der Waals surface area contributed by atoms with Gasteiger partial charge in [-0.25, -0.2) is 0 Å². The van der Waals surface area contributed by atoms with Crippen LogP contribution in [0, 0.1) is 46.3 Å². The number of aliphatic hydroxyl groups excluding tert-OH is 8. The molecule has 3 saturated carbocycles. The van der Waals surface area contributed by atoms with Crippen molar-refractivity contribution in [3.63, 3.8) is 0 Å². The minimum absolute atomic E-state index is 0.0744. The van der Waals surface area contributed by atoms with Crippen molar-refractivity contribution in [2.75, 3.05) is 19.8 Å². The number of ether oxygens (including phenoxy) is 8. The molecule has 0 radical (unpaired) electrons. The summed E-state index contributed by atoms with van der Waals surface area (Å²) < 4.78 is 50.6. The van der Waals surface area contributed by atoms with Crippen molar-refractivity contribution < 1.29 is 78.7 Å². The Morgan fingerprint density at radius 1 is 0.695 bits per heavy atom. The van der Waals surface area contributed by atoms with Crippen LogP contribution in [0.1, 0.15) is 86.0 Å². The van der Waals surface area contributed by atoms with Crippen LogP contribution in [0.5, 0.6) is 0 Å². The minimum atomic E-state index is -1.71. The first-order valence-corrected chi connectivity index (χ1v) is 22.3. The lowest BCUT2D eigenvalue weighted by Crippen LogP contribution is -2.65. The SMILES string of the molecule is CC1C2C(C[C@H]3[C@@H]4CC=C5C[C@@H](O)C[C@@H](O[C@@H]6OC[C@H](O)[C@H](O[C@@H]7OC[C@@H](O)[C@H](O)[C@H]7O)[C@H]6O[C@@H]6O[C@@H](C)[C@H](O)[C@@H](O)[C@H]6O)[C@]5(C)[C@H]4CC[C@]23C)O[C@]12CC[C@H](C)CO2. The van der Waals surface area contributed by atoms with Crippen LogP contribution in [0.15, 0.2) is 11.6 Å². The van der Waals surface area contributed by atoms with Gasteiger partial charge in [0, 0.05) is 24.2 Å². The smallest absolute Gasteiger partial charge is 0.187 e. The maximum atomic E-state index is 11.4. The van der Waals surface area contributed by atoms with E-state index in [-0.39, 0.29) is 36.6 Å². The van der Waals surface area contributed by atoms with Crippen molar-refractivity contribution >= 4 is 0 Å². The summed E-state index contributed by atoms with van der Waals surface area (Å²) in [4.78, 5) is 0. The molecule has 25 atom stereocenters. The zero-order valence-corrected chi connectivity index (χ0v) is 34.9. The molecule has 16 nitrogen and oxygen atoms in total. The molecule has 1 spiro atoms. The van der Waals surface area contributed by atoms with Crippen LogP contribution < -0.4 is 0 Å². The molecule has 9 rings (SSSR count). The third-order valence-electron chi connectivity index (χ3n) is 17.0. The van der Waals surface area contributed by atoms with Gasteiger partial charge in [-0.3, -0.25) is 0 Å². The molecule has 5 heterocycles. The van der Waals surface area contributed by atoms with Crippen molar-refractivity contribution in [3.8, 4) is 0 Å². The second kappa shape index (κ2) is 16.0. The molecule has 5 aliphatic heterocycles. The number of rotatable bonds is 6. The summed E-state index contributed by atoms with van der Waals surface area (Å²) in [7, 11) is 0. The topological polar surface area (TPSA) is 236 Å². The fraction of sp³-hybridized carbons (Fsp3) is 0.953. The van der Waals surface area contributed by atoms with E-state index in [1.165, 1.54) is 6.92 Å². The molecular weight excluding hydrogens is 772 g/mol. The average molecular weight is 841 g/mol. The number of aliphatic hydroxyl groups is 8. The number of fused-ring (bicyclic) bond motifs is 7. The Labute approximate surface area is 346 Å². The molecule has 0 aromatic carbocycles. The van der Waals surface area contributed by atoms with Crippen LogP contribution in [0.3, 0.4) is 0 Å². The maximum Gasteiger partial charge on any atom is 0.187 e. The Morgan fingerprint density at radius 2 is 1.41 bits per heavy atom. The summed E-state index contributed by atoms with van der Waals surface area (Å²) in [5, 5.41) is 86.2. The quantitative estimate of drug-likeness (QED) is 0.170. The highest BCUT2D eigenvalue weighted by Crippen LogP contribution is 2.71. The molecule has 16 heteroatoms. The molecule has 0 aromatic heterocycles. The van der Waals surface area contributed by atoms with Crippen molar-refractivity contribution in [1.29, 1.82) is 0 Å². The highest BCUT2D eigenvalue weighted by molar-refractivity contribution is 5.29. The summed E-state index contributed by atoms with van der Waals surface area (Å²) in [5.74, 6) is 1.70. The first kappa shape index (κ1) is 43.4. The van der Waals surface area contributed by atoms with Gasteiger partial charge < -0.3 is 78.7 Å². The maximum absolute atomic E-state index is 11.4. The van der Waals surface area contributed by atoms with Gasteiger partial charge in [-0.1, -0.05) is 39.3 Å². The summed E-state index contributed by atoms with van der Waals surface area (Å²) in [6, 6.07) is 0. The molecule has 0 bridgehead atoms. The van der Waals surface area contributed by atoms with Gasteiger partial charge in [-0.15, -0.1) is 0 Å². The van der Waals surface area contributed by atoms with E-state index in [9.17, 15) is 40.9 Å². The molecule has 336 valence electrons. The van der Waals surface area contributed by atoms with Gasteiger partial charge in [0.15, 0.2) is 24.7 Å². The van der Waals surface area contributed by atoms with Crippen LogP contribution in [0.25, 0.3) is 0 Å². The Hall–Kier alpha value is -0.900.